The zero-order valence-corrected chi connectivity index (χ0v) is 11.4. The molecule has 0 bridgehead atoms. The van der Waals surface area contributed by atoms with Crippen LogP contribution in [0.5, 0.6) is 0 Å². The van der Waals surface area contributed by atoms with Crippen LogP contribution in [0, 0.1) is 0 Å². The van der Waals surface area contributed by atoms with Crippen LogP contribution in [0.2, 0.25) is 0 Å². The van der Waals surface area contributed by atoms with Crippen LogP contribution in [0.1, 0.15) is 5.56 Å². The topological polar surface area (TPSA) is 103 Å². The lowest BCUT2D eigenvalue weighted by Crippen LogP contribution is -2.57. The molecule has 114 valence electrons. The van der Waals surface area contributed by atoms with Gasteiger partial charge in [-0.25, -0.2) is 0 Å². The molecule has 2 rings (SSSR count). The highest BCUT2D eigenvalue weighted by molar-refractivity contribution is 5.78. The Morgan fingerprint density at radius 1 is 1.10 bits per heavy atom. The minimum atomic E-state index is -1.37. The van der Waals surface area contributed by atoms with Gasteiger partial charge in [0.1, 0.15) is 24.4 Å². The van der Waals surface area contributed by atoms with Gasteiger partial charge in [0.25, 0.3) is 0 Å². The largest absolute Gasteiger partial charge is 0.394 e. The Balaban J connectivity index is 1.98. The average Bonchev–Trinajstić information content (AvgIpc) is 2.51. The minimum absolute atomic E-state index is 0.486. The summed E-state index contributed by atoms with van der Waals surface area (Å²) in [6.45, 7) is -0.486. The Labute approximate surface area is 122 Å². The number of rotatable bonds is 4. The van der Waals surface area contributed by atoms with Crippen molar-refractivity contribution < 1.29 is 25.2 Å². The molecule has 1 aliphatic heterocycles. The highest BCUT2D eigenvalue weighted by atomic mass is 16.6. The number of ether oxygens (including phenoxy) is 1. The maximum absolute atomic E-state index is 9.89. The molecule has 0 radical (unpaired) electrons. The van der Waals surface area contributed by atoms with Crippen molar-refractivity contribution >= 4 is 12.3 Å². The quantitative estimate of drug-likeness (QED) is 0.564. The van der Waals surface area contributed by atoms with Crippen LogP contribution in [-0.2, 0) is 4.74 Å². The molecule has 0 amide bonds. The van der Waals surface area contributed by atoms with Gasteiger partial charge in [0.15, 0.2) is 6.29 Å². The van der Waals surface area contributed by atoms with Crippen molar-refractivity contribution in [2.45, 2.75) is 30.6 Å². The van der Waals surface area contributed by atoms with E-state index in [-0.39, 0.29) is 0 Å². The molecule has 6 heteroatoms. The molecule has 1 aromatic rings. The molecule has 0 aliphatic carbocycles. The van der Waals surface area contributed by atoms with Crippen molar-refractivity contribution in [2.24, 2.45) is 4.99 Å². The van der Waals surface area contributed by atoms with Gasteiger partial charge in [0.2, 0.25) is 0 Å². The first kappa shape index (κ1) is 15.8. The van der Waals surface area contributed by atoms with Crippen LogP contribution < -0.4 is 0 Å². The van der Waals surface area contributed by atoms with Crippen molar-refractivity contribution in [3.8, 4) is 0 Å². The molecule has 0 aromatic heterocycles. The van der Waals surface area contributed by atoms with Crippen LogP contribution >= 0.6 is 0 Å². The molecule has 21 heavy (non-hydrogen) atoms. The summed E-state index contributed by atoms with van der Waals surface area (Å²) in [6, 6.07) is 8.58. The Hall–Kier alpha value is -1.57. The summed E-state index contributed by atoms with van der Waals surface area (Å²) < 4.78 is 5.00. The molecule has 5 unspecified atom stereocenters. The average molecular weight is 293 g/mol. The summed E-state index contributed by atoms with van der Waals surface area (Å²) in [7, 11) is 0. The first-order valence-electron chi connectivity index (χ1n) is 6.69. The van der Waals surface area contributed by atoms with Gasteiger partial charge in [-0.05, 0) is 11.6 Å². The monoisotopic (exact) mass is 293 g/mol. The number of nitrogens with zero attached hydrogens (tertiary/aromatic N) is 1. The molecule has 5 atom stereocenters. The van der Waals surface area contributed by atoms with E-state index in [0.29, 0.717) is 0 Å². The molecule has 1 heterocycles. The lowest BCUT2D eigenvalue weighted by molar-refractivity contribution is -0.248. The highest BCUT2D eigenvalue weighted by Gasteiger charge is 2.43. The normalized spacial score (nSPS) is 33.8. The molecule has 6 nitrogen and oxygen atoms in total. The van der Waals surface area contributed by atoms with E-state index in [1.54, 1.807) is 6.08 Å². The molecule has 1 fully saturated rings. The Bertz CT molecular complexity index is 490. The summed E-state index contributed by atoms with van der Waals surface area (Å²) in [5, 5.41) is 38.3. The van der Waals surface area contributed by atoms with Gasteiger partial charge >= 0.3 is 0 Å². The van der Waals surface area contributed by atoms with Crippen molar-refractivity contribution in [1.29, 1.82) is 0 Å². The lowest BCUT2D eigenvalue weighted by Gasteiger charge is -2.38. The molecular formula is C15H19NO5. The third-order valence-electron chi connectivity index (χ3n) is 3.30. The number of aliphatic hydroxyl groups excluding tert-OH is 4. The van der Waals surface area contributed by atoms with E-state index >= 15 is 0 Å². The predicted molar refractivity (Wildman–Crippen MR) is 77.7 cm³/mol. The third kappa shape index (κ3) is 3.96. The van der Waals surface area contributed by atoms with E-state index in [4.69, 9.17) is 9.84 Å². The lowest BCUT2D eigenvalue weighted by atomic mass is 9.97. The number of aliphatic hydroxyl groups is 4. The van der Waals surface area contributed by atoms with Crippen molar-refractivity contribution in [2.75, 3.05) is 6.61 Å². The molecule has 1 aliphatic rings. The zero-order valence-electron chi connectivity index (χ0n) is 11.4. The molecule has 1 aromatic carbocycles. The van der Waals surface area contributed by atoms with Crippen molar-refractivity contribution in [3.63, 3.8) is 0 Å². The fourth-order valence-corrected chi connectivity index (χ4v) is 2.11. The van der Waals surface area contributed by atoms with Crippen LogP contribution in [-0.4, -0.2) is 63.9 Å². The van der Waals surface area contributed by atoms with Crippen LogP contribution in [0.15, 0.2) is 41.4 Å². The maximum Gasteiger partial charge on any atom is 0.180 e. The van der Waals surface area contributed by atoms with E-state index in [2.05, 4.69) is 4.99 Å². The zero-order chi connectivity index (χ0) is 15.2. The molecule has 0 saturated carbocycles. The molecular weight excluding hydrogens is 274 g/mol. The number of allylic oxidation sites excluding steroid dienone is 1. The molecule has 4 N–H and O–H groups in total. The summed E-state index contributed by atoms with van der Waals surface area (Å²) in [5.74, 6) is 0. The molecule has 0 spiro atoms. The van der Waals surface area contributed by atoms with E-state index in [0.717, 1.165) is 5.56 Å². The fourth-order valence-electron chi connectivity index (χ4n) is 2.11. The first-order chi connectivity index (χ1) is 10.1. The highest BCUT2D eigenvalue weighted by Crippen LogP contribution is 2.21. The van der Waals surface area contributed by atoms with Gasteiger partial charge in [-0.1, -0.05) is 36.4 Å². The predicted octanol–water partition coefficient (Wildman–Crippen LogP) is -0.430. The second kappa shape index (κ2) is 7.44. The summed E-state index contributed by atoms with van der Waals surface area (Å²) in [6.07, 6.45) is -0.0633. The van der Waals surface area contributed by atoms with Gasteiger partial charge in [0, 0.05) is 6.21 Å². The van der Waals surface area contributed by atoms with Gasteiger partial charge in [-0.3, -0.25) is 4.99 Å². The van der Waals surface area contributed by atoms with E-state index in [1.165, 1.54) is 6.21 Å². The van der Waals surface area contributed by atoms with Crippen LogP contribution in [0.4, 0.5) is 0 Å². The Kier molecular flexibility index (Phi) is 5.60. The summed E-state index contributed by atoms with van der Waals surface area (Å²) in [4.78, 5) is 4.00. The van der Waals surface area contributed by atoms with E-state index in [9.17, 15) is 15.3 Å². The summed E-state index contributed by atoms with van der Waals surface area (Å²) in [5.41, 5.74) is 0.991. The Morgan fingerprint density at radius 3 is 2.48 bits per heavy atom. The van der Waals surface area contributed by atoms with Gasteiger partial charge in [0.05, 0.1) is 6.61 Å². The second-order valence-electron chi connectivity index (χ2n) is 4.79. The van der Waals surface area contributed by atoms with Crippen LogP contribution in [0.25, 0.3) is 6.08 Å². The molecule has 1 saturated heterocycles. The standard InChI is InChI=1S/C15H19NO5/c17-9-11-13(18)14(19)12(15(20)21-11)16-8-4-7-10-5-2-1-3-6-10/h1-8,11-15,17-20H,9H2. The van der Waals surface area contributed by atoms with Gasteiger partial charge in [-0.15, -0.1) is 0 Å². The fraction of sp³-hybridized carbons (Fsp3) is 0.400. The Morgan fingerprint density at radius 2 is 1.81 bits per heavy atom. The van der Waals surface area contributed by atoms with Crippen LogP contribution in [0.3, 0.4) is 0 Å². The van der Waals surface area contributed by atoms with Crippen molar-refractivity contribution in [1.82, 2.24) is 0 Å². The first-order valence-corrected chi connectivity index (χ1v) is 6.69. The van der Waals surface area contributed by atoms with Gasteiger partial charge in [-0.2, -0.15) is 0 Å². The number of hydrogen-bond acceptors (Lipinski definition) is 6. The number of benzene rings is 1. The minimum Gasteiger partial charge on any atom is -0.394 e. The van der Waals surface area contributed by atoms with Crippen molar-refractivity contribution in [3.05, 3.63) is 42.0 Å². The maximum atomic E-state index is 9.89. The van der Waals surface area contributed by atoms with E-state index < -0.39 is 37.3 Å². The van der Waals surface area contributed by atoms with Gasteiger partial charge < -0.3 is 25.2 Å². The number of aliphatic imine (C=N–C) groups is 1. The van der Waals surface area contributed by atoms with E-state index in [1.807, 2.05) is 36.4 Å². The SMILES string of the molecule is OCC1OC(O)C(N=CC=Cc2ccccc2)C(O)C1O. The third-order valence-corrected chi connectivity index (χ3v) is 3.30. The smallest absolute Gasteiger partial charge is 0.180 e. The second-order valence-corrected chi connectivity index (χ2v) is 4.79. The number of hydrogen-bond donors (Lipinski definition) is 4. The summed E-state index contributed by atoms with van der Waals surface area (Å²) >= 11 is 0.